The zero-order valence-electron chi connectivity index (χ0n) is 21.5. The number of aromatic nitrogens is 2. The molecule has 0 aliphatic heterocycles. The number of carboxylic acid groups (broad SMARTS) is 1. The molecule has 39 heavy (non-hydrogen) atoms. The average molecular weight is 538 g/mol. The number of carbonyl (C=O) groups excluding carboxylic acids is 3. The number of nitrogens with two attached hydrogens (primary N) is 1. The molecular formula is C27H31N5O7. The zero-order valence-corrected chi connectivity index (χ0v) is 21.5. The molecule has 3 rings (SSSR count). The number of rotatable bonds is 12. The van der Waals surface area contributed by atoms with E-state index in [1.54, 1.807) is 62.4 Å². The number of H-pyrrole nitrogens is 1. The van der Waals surface area contributed by atoms with Gasteiger partial charge in [-0.3, -0.25) is 19.2 Å². The van der Waals surface area contributed by atoms with Crippen LogP contribution in [0.4, 0.5) is 0 Å². The number of nitrogens with one attached hydrogen (secondary N) is 3. The molecule has 0 aliphatic carbocycles. The smallest absolute Gasteiger partial charge is 0.329 e. The minimum absolute atomic E-state index is 0.0937. The lowest BCUT2D eigenvalue weighted by atomic mass is 9.98. The van der Waals surface area contributed by atoms with Crippen LogP contribution >= 0.6 is 0 Å². The first kappa shape index (κ1) is 28.8. The first-order valence-corrected chi connectivity index (χ1v) is 12.4. The van der Waals surface area contributed by atoms with Gasteiger partial charge in [0, 0.05) is 6.42 Å². The molecule has 0 radical (unpaired) electrons. The Balaban J connectivity index is 2.02. The highest BCUT2D eigenvalue weighted by atomic mass is 16.4. The number of amides is 3. The van der Waals surface area contributed by atoms with Gasteiger partial charge in [-0.15, -0.1) is 0 Å². The fourth-order valence-electron chi connectivity index (χ4n) is 4.21. The van der Waals surface area contributed by atoms with Crippen LogP contribution in [-0.2, 0) is 25.6 Å². The number of nitrogens with zero attached hydrogens (tertiary/aromatic N) is 1. The summed E-state index contributed by atoms with van der Waals surface area (Å²) in [5, 5.41) is 14.5. The fraction of sp³-hybridized carbons (Fsp3) is 0.333. The van der Waals surface area contributed by atoms with Crippen molar-refractivity contribution >= 4 is 34.6 Å². The lowest BCUT2D eigenvalue weighted by Crippen LogP contribution is -2.56. The van der Waals surface area contributed by atoms with Crippen molar-refractivity contribution in [3.05, 3.63) is 81.0 Å². The molecule has 0 saturated carbocycles. The van der Waals surface area contributed by atoms with Gasteiger partial charge in [-0.2, -0.15) is 0 Å². The van der Waals surface area contributed by atoms with Crippen LogP contribution < -0.4 is 27.6 Å². The summed E-state index contributed by atoms with van der Waals surface area (Å²) in [5.74, 6) is -4.49. The Bertz CT molecular complexity index is 1480. The molecule has 4 atom stereocenters. The first-order valence-electron chi connectivity index (χ1n) is 12.4. The second kappa shape index (κ2) is 12.7. The van der Waals surface area contributed by atoms with Crippen LogP contribution in [0.5, 0.6) is 0 Å². The molecule has 0 spiro atoms. The van der Waals surface area contributed by atoms with Crippen LogP contribution in [0.1, 0.15) is 38.3 Å². The van der Waals surface area contributed by atoms with E-state index in [0.29, 0.717) is 17.5 Å². The van der Waals surface area contributed by atoms with Crippen molar-refractivity contribution in [3.8, 4) is 0 Å². The molecule has 3 amide bonds. The normalized spacial score (nSPS) is 14.1. The number of fused-ring (bicyclic) bond motifs is 1. The molecule has 0 aliphatic rings. The zero-order chi connectivity index (χ0) is 28.7. The van der Waals surface area contributed by atoms with Gasteiger partial charge >= 0.3 is 11.7 Å². The van der Waals surface area contributed by atoms with Crippen LogP contribution in [0.25, 0.3) is 10.9 Å². The van der Waals surface area contributed by atoms with Crippen molar-refractivity contribution < 1.29 is 24.3 Å². The van der Waals surface area contributed by atoms with Gasteiger partial charge in [-0.05, 0) is 23.6 Å². The molecule has 2 aromatic carbocycles. The molecule has 12 heteroatoms. The standard InChI is InChI=1S/C27H31N5O7/c1-3-15(2)22(26(37)38)31-23(34)19(14-21(28)33)29-24(35)20(13-16-9-5-4-6-10-16)32-25(36)17-11-7-8-12-18(17)30-27(32)39/h4-12,15,19-20,22H,3,13-14H2,1-2H3,(H2,28,33)(H,29,35)(H,30,39)(H,31,34)(H,37,38)/t15-,19+,20+,22+/m1/s1. The molecular weight excluding hydrogens is 506 g/mol. The average Bonchev–Trinajstić information content (AvgIpc) is 2.90. The molecule has 206 valence electrons. The van der Waals surface area contributed by atoms with E-state index in [1.807, 2.05) is 0 Å². The predicted octanol–water partition coefficient (Wildman–Crippen LogP) is 0.449. The summed E-state index contributed by atoms with van der Waals surface area (Å²) in [6.45, 7) is 3.39. The van der Waals surface area contributed by atoms with Crippen LogP contribution in [-0.4, -0.2) is 50.4 Å². The Morgan fingerprint density at radius 1 is 0.974 bits per heavy atom. The third-order valence-corrected chi connectivity index (χ3v) is 6.54. The Morgan fingerprint density at radius 2 is 1.62 bits per heavy atom. The molecule has 0 saturated heterocycles. The van der Waals surface area contributed by atoms with Crippen molar-refractivity contribution in [2.45, 2.75) is 51.2 Å². The summed E-state index contributed by atoms with van der Waals surface area (Å²) < 4.78 is 0.767. The van der Waals surface area contributed by atoms with Crippen LogP contribution in [0.2, 0.25) is 0 Å². The lowest BCUT2D eigenvalue weighted by Gasteiger charge is -2.26. The van der Waals surface area contributed by atoms with Gasteiger partial charge in [0.05, 0.1) is 17.3 Å². The summed E-state index contributed by atoms with van der Waals surface area (Å²) in [4.78, 5) is 79.1. The van der Waals surface area contributed by atoms with E-state index in [9.17, 15) is 33.9 Å². The van der Waals surface area contributed by atoms with E-state index in [-0.39, 0.29) is 11.8 Å². The van der Waals surface area contributed by atoms with E-state index >= 15 is 0 Å². The van der Waals surface area contributed by atoms with Crippen molar-refractivity contribution in [2.24, 2.45) is 11.7 Å². The fourth-order valence-corrected chi connectivity index (χ4v) is 4.21. The molecule has 0 unspecified atom stereocenters. The van der Waals surface area contributed by atoms with Gasteiger partial charge in [0.15, 0.2) is 0 Å². The van der Waals surface area contributed by atoms with Crippen molar-refractivity contribution in [1.82, 2.24) is 20.2 Å². The van der Waals surface area contributed by atoms with Crippen molar-refractivity contribution in [3.63, 3.8) is 0 Å². The Labute approximate surface area is 223 Å². The summed E-state index contributed by atoms with van der Waals surface area (Å²) in [7, 11) is 0. The highest BCUT2D eigenvalue weighted by Gasteiger charge is 2.33. The SMILES string of the molecule is CC[C@@H](C)[C@H](NC(=O)[C@H](CC(N)=O)NC(=O)[C@H](Cc1ccccc1)n1c(=O)[nH]c2ccccc2c1=O)C(=O)O. The summed E-state index contributed by atoms with van der Waals surface area (Å²) >= 11 is 0. The molecule has 3 aromatic rings. The number of carbonyl (C=O) groups is 4. The molecule has 12 nitrogen and oxygen atoms in total. The van der Waals surface area contributed by atoms with Crippen LogP contribution in [0, 0.1) is 5.92 Å². The molecule has 0 bridgehead atoms. The van der Waals surface area contributed by atoms with Crippen molar-refractivity contribution in [2.75, 3.05) is 0 Å². The molecule has 6 N–H and O–H groups in total. The van der Waals surface area contributed by atoms with E-state index in [0.717, 1.165) is 4.57 Å². The van der Waals surface area contributed by atoms with E-state index < -0.39 is 65.4 Å². The third-order valence-electron chi connectivity index (χ3n) is 6.54. The number of hydrogen-bond acceptors (Lipinski definition) is 6. The number of aliphatic carboxylic acids is 1. The minimum Gasteiger partial charge on any atom is -0.480 e. The van der Waals surface area contributed by atoms with Gasteiger partial charge in [-0.1, -0.05) is 62.7 Å². The largest absolute Gasteiger partial charge is 0.480 e. The minimum atomic E-state index is -1.55. The van der Waals surface area contributed by atoms with Crippen molar-refractivity contribution in [1.29, 1.82) is 0 Å². The van der Waals surface area contributed by atoms with Gasteiger partial charge in [0.1, 0.15) is 18.1 Å². The third kappa shape index (κ3) is 6.98. The van der Waals surface area contributed by atoms with E-state index in [1.165, 1.54) is 6.07 Å². The number of aromatic amines is 1. The van der Waals surface area contributed by atoms with Gasteiger partial charge in [-0.25, -0.2) is 14.2 Å². The highest BCUT2D eigenvalue weighted by molar-refractivity contribution is 5.94. The Morgan fingerprint density at radius 3 is 2.23 bits per heavy atom. The van der Waals surface area contributed by atoms with Crippen LogP contribution in [0.15, 0.2) is 64.2 Å². The molecule has 1 aromatic heterocycles. The number of carboxylic acids is 1. The Kier molecular flexibility index (Phi) is 9.37. The van der Waals surface area contributed by atoms with Gasteiger partial charge in [0.25, 0.3) is 5.56 Å². The van der Waals surface area contributed by atoms with Gasteiger partial charge in [0.2, 0.25) is 17.7 Å². The summed E-state index contributed by atoms with van der Waals surface area (Å²) in [6.07, 6.45) is -0.286. The van der Waals surface area contributed by atoms with E-state index in [4.69, 9.17) is 5.73 Å². The maximum atomic E-state index is 13.6. The first-order chi connectivity index (χ1) is 18.5. The van der Waals surface area contributed by atoms with E-state index in [2.05, 4.69) is 15.6 Å². The second-order valence-corrected chi connectivity index (χ2v) is 9.30. The maximum absolute atomic E-state index is 13.6. The van der Waals surface area contributed by atoms with Gasteiger partial charge < -0.3 is 26.5 Å². The second-order valence-electron chi connectivity index (χ2n) is 9.30. The quantitative estimate of drug-likeness (QED) is 0.221. The summed E-state index contributed by atoms with van der Waals surface area (Å²) in [5.41, 5.74) is 4.66. The van der Waals surface area contributed by atoms with Crippen LogP contribution in [0.3, 0.4) is 0 Å². The monoisotopic (exact) mass is 537 g/mol. The number of primary amides is 1. The lowest BCUT2D eigenvalue weighted by molar-refractivity contribution is -0.144. The highest BCUT2D eigenvalue weighted by Crippen LogP contribution is 2.15. The number of benzene rings is 2. The summed E-state index contributed by atoms with van der Waals surface area (Å²) in [6, 6.07) is 10.7. The topological polar surface area (TPSA) is 193 Å². The predicted molar refractivity (Wildman–Crippen MR) is 143 cm³/mol. The number of hydrogen-bond donors (Lipinski definition) is 5. The Hall–Kier alpha value is -4.74. The molecule has 1 heterocycles. The molecule has 0 fully saturated rings. The number of para-hydroxylation sites is 1. The maximum Gasteiger partial charge on any atom is 0.329 e.